The van der Waals surface area contributed by atoms with E-state index in [4.69, 9.17) is 0 Å². The van der Waals surface area contributed by atoms with E-state index in [0.29, 0.717) is 0 Å². The lowest BCUT2D eigenvalue weighted by Crippen LogP contribution is -2.51. The SMILES string of the molecule is O=C(NC1CCCCC1)[C@@H](c1ccccc1F)N(C(=O)c1csnn1)C1CCCCC1. The zero-order chi connectivity index (χ0) is 21.6. The van der Waals surface area contributed by atoms with E-state index in [-0.39, 0.29) is 35.2 Å². The second-order valence-electron chi connectivity index (χ2n) is 8.56. The molecule has 0 bridgehead atoms. The first kappa shape index (κ1) is 21.9. The van der Waals surface area contributed by atoms with Crippen molar-refractivity contribution in [3.63, 3.8) is 0 Å². The standard InChI is InChI=1S/C23H29FN4O2S/c24-19-14-8-7-13-18(19)21(22(29)25-16-9-3-1-4-10-16)28(17-11-5-2-6-12-17)23(30)20-15-31-27-26-20/h7-8,13-17,21H,1-6,9-12H2,(H,25,29)/t21-/m1/s1. The van der Waals surface area contributed by atoms with E-state index in [9.17, 15) is 14.0 Å². The molecule has 0 aliphatic heterocycles. The minimum atomic E-state index is -1.03. The van der Waals surface area contributed by atoms with Gasteiger partial charge in [0.2, 0.25) is 5.91 Å². The first-order chi connectivity index (χ1) is 15.1. The monoisotopic (exact) mass is 444 g/mol. The van der Waals surface area contributed by atoms with Crippen LogP contribution in [0.15, 0.2) is 29.6 Å². The molecule has 0 saturated heterocycles. The Hall–Kier alpha value is -2.35. The van der Waals surface area contributed by atoms with Gasteiger partial charge in [-0.25, -0.2) is 4.39 Å². The molecule has 2 fully saturated rings. The second-order valence-corrected chi connectivity index (χ2v) is 9.17. The van der Waals surface area contributed by atoms with E-state index in [1.165, 1.54) is 12.5 Å². The Morgan fingerprint density at radius 3 is 2.35 bits per heavy atom. The molecule has 4 rings (SSSR count). The summed E-state index contributed by atoms with van der Waals surface area (Å²) in [4.78, 5) is 28.8. The van der Waals surface area contributed by atoms with Crippen molar-refractivity contribution in [3.05, 3.63) is 46.7 Å². The molecule has 166 valence electrons. The van der Waals surface area contributed by atoms with Crippen molar-refractivity contribution in [2.24, 2.45) is 0 Å². The fraction of sp³-hybridized carbons (Fsp3) is 0.565. The van der Waals surface area contributed by atoms with Crippen LogP contribution in [0.1, 0.15) is 86.3 Å². The summed E-state index contributed by atoms with van der Waals surface area (Å²) in [5.41, 5.74) is 0.445. The van der Waals surface area contributed by atoms with Gasteiger partial charge in [0.05, 0.1) is 0 Å². The minimum Gasteiger partial charge on any atom is -0.351 e. The van der Waals surface area contributed by atoms with Crippen LogP contribution in [0.5, 0.6) is 0 Å². The highest BCUT2D eigenvalue weighted by Gasteiger charge is 2.40. The number of carbonyl (C=O) groups is 2. The molecule has 8 heteroatoms. The third-order valence-corrected chi connectivity index (χ3v) is 6.96. The lowest BCUT2D eigenvalue weighted by atomic mass is 9.90. The van der Waals surface area contributed by atoms with E-state index in [2.05, 4.69) is 14.9 Å². The van der Waals surface area contributed by atoms with Crippen LogP contribution in [0, 0.1) is 5.82 Å². The van der Waals surface area contributed by atoms with Gasteiger partial charge in [0.15, 0.2) is 5.69 Å². The van der Waals surface area contributed by atoms with Crippen molar-refractivity contribution >= 4 is 23.3 Å². The maximum Gasteiger partial charge on any atom is 0.276 e. The van der Waals surface area contributed by atoms with Crippen LogP contribution >= 0.6 is 11.5 Å². The zero-order valence-corrected chi connectivity index (χ0v) is 18.5. The summed E-state index contributed by atoms with van der Waals surface area (Å²) in [5.74, 6) is -1.14. The molecule has 31 heavy (non-hydrogen) atoms. The normalized spacial score (nSPS) is 19.0. The highest BCUT2D eigenvalue weighted by molar-refractivity contribution is 7.03. The molecule has 2 aliphatic carbocycles. The minimum absolute atomic E-state index is 0.0692. The fourth-order valence-electron chi connectivity index (χ4n) is 4.88. The number of benzene rings is 1. The van der Waals surface area contributed by atoms with Gasteiger partial charge >= 0.3 is 0 Å². The van der Waals surface area contributed by atoms with Crippen LogP contribution in [0.3, 0.4) is 0 Å². The largest absolute Gasteiger partial charge is 0.351 e. The first-order valence-corrected chi connectivity index (χ1v) is 12.1. The summed E-state index contributed by atoms with van der Waals surface area (Å²) >= 11 is 1.10. The van der Waals surface area contributed by atoms with Gasteiger partial charge in [0, 0.05) is 23.0 Å². The van der Waals surface area contributed by atoms with Crippen LogP contribution in [-0.2, 0) is 4.79 Å². The molecule has 0 radical (unpaired) electrons. The van der Waals surface area contributed by atoms with Gasteiger partial charge in [-0.15, -0.1) is 5.10 Å². The van der Waals surface area contributed by atoms with E-state index < -0.39 is 11.9 Å². The van der Waals surface area contributed by atoms with E-state index in [1.807, 2.05) is 0 Å². The molecular formula is C23H29FN4O2S. The number of rotatable bonds is 6. The molecule has 1 heterocycles. The van der Waals surface area contributed by atoms with Gasteiger partial charge in [0.1, 0.15) is 11.9 Å². The summed E-state index contributed by atoms with van der Waals surface area (Å²) in [6, 6.07) is 5.19. The Labute approximate surface area is 186 Å². The molecule has 2 aliphatic rings. The highest BCUT2D eigenvalue weighted by atomic mass is 32.1. The molecule has 1 N–H and O–H groups in total. The number of carbonyl (C=O) groups excluding carboxylic acids is 2. The molecule has 1 aromatic carbocycles. The molecule has 6 nitrogen and oxygen atoms in total. The Morgan fingerprint density at radius 1 is 1.03 bits per heavy atom. The number of hydrogen-bond donors (Lipinski definition) is 1. The van der Waals surface area contributed by atoms with Crippen LogP contribution in [0.25, 0.3) is 0 Å². The Balaban J connectivity index is 1.72. The molecule has 0 unspecified atom stereocenters. The molecule has 1 aromatic heterocycles. The van der Waals surface area contributed by atoms with Crippen molar-refractivity contribution < 1.29 is 14.0 Å². The highest BCUT2D eigenvalue weighted by Crippen LogP contribution is 2.33. The number of nitrogens with zero attached hydrogens (tertiary/aromatic N) is 3. The van der Waals surface area contributed by atoms with Crippen LogP contribution in [0.4, 0.5) is 4.39 Å². The number of halogens is 1. The third-order valence-electron chi connectivity index (χ3n) is 6.46. The second kappa shape index (κ2) is 10.3. The average Bonchev–Trinajstić information content (AvgIpc) is 3.34. The fourth-order valence-corrected chi connectivity index (χ4v) is 5.31. The van der Waals surface area contributed by atoms with Gasteiger partial charge in [-0.05, 0) is 43.3 Å². The van der Waals surface area contributed by atoms with Gasteiger partial charge in [-0.3, -0.25) is 9.59 Å². The summed E-state index contributed by atoms with van der Waals surface area (Å²) in [6.07, 6.45) is 9.83. The topological polar surface area (TPSA) is 75.2 Å². The van der Waals surface area contributed by atoms with Crippen LogP contribution < -0.4 is 5.32 Å². The Morgan fingerprint density at radius 2 is 1.71 bits per heavy atom. The number of aromatic nitrogens is 2. The average molecular weight is 445 g/mol. The maximum atomic E-state index is 15.0. The third kappa shape index (κ3) is 5.11. The van der Waals surface area contributed by atoms with E-state index >= 15 is 0 Å². The van der Waals surface area contributed by atoms with Gasteiger partial charge < -0.3 is 10.2 Å². The predicted octanol–water partition coefficient (Wildman–Crippen LogP) is 4.64. The smallest absolute Gasteiger partial charge is 0.276 e. The van der Waals surface area contributed by atoms with Crippen LogP contribution in [0.2, 0.25) is 0 Å². The molecule has 2 aromatic rings. The lowest BCUT2D eigenvalue weighted by Gasteiger charge is -2.40. The first-order valence-electron chi connectivity index (χ1n) is 11.3. The van der Waals surface area contributed by atoms with Crippen molar-refractivity contribution in [2.45, 2.75) is 82.3 Å². The lowest BCUT2D eigenvalue weighted by molar-refractivity contribution is -0.128. The maximum absolute atomic E-state index is 15.0. The van der Waals surface area contributed by atoms with Gasteiger partial charge in [0.25, 0.3) is 5.91 Å². The number of hydrogen-bond acceptors (Lipinski definition) is 5. The molecule has 2 amide bonds. The number of amides is 2. The Bertz CT molecular complexity index is 879. The molecular weight excluding hydrogens is 415 g/mol. The van der Waals surface area contributed by atoms with Crippen molar-refractivity contribution in [3.8, 4) is 0 Å². The summed E-state index contributed by atoms with van der Waals surface area (Å²) in [7, 11) is 0. The molecule has 1 atom stereocenters. The van der Waals surface area contributed by atoms with E-state index in [0.717, 1.165) is 69.3 Å². The van der Waals surface area contributed by atoms with Gasteiger partial charge in [-0.1, -0.05) is 61.2 Å². The predicted molar refractivity (Wildman–Crippen MR) is 117 cm³/mol. The quantitative estimate of drug-likeness (QED) is 0.704. The summed E-state index contributed by atoms with van der Waals surface area (Å²) < 4.78 is 18.8. The van der Waals surface area contributed by atoms with Crippen molar-refractivity contribution in [2.75, 3.05) is 0 Å². The summed E-state index contributed by atoms with van der Waals surface area (Å²) in [6.45, 7) is 0. The van der Waals surface area contributed by atoms with Crippen molar-refractivity contribution in [1.82, 2.24) is 19.8 Å². The van der Waals surface area contributed by atoms with E-state index in [1.54, 1.807) is 28.5 Å². The Kier molecular flexibility index (Phi) is 7.27. The van der Waals surface area contributed by atoms with Gasteiger partial charge in [-0.2, -0.15) is 0 Å². The zero-order valence-electron chi connectivity index (χ0n) is 17.6. The van der Waals surface area contributed by atoms with Crippen LogP contribution in [-0.4, -0.2) is 38.4 Å². The van der Waals surface area contributed by atoms with Crippen molar-refractivity contribution in [1.29, 1.82) is 0 Å². The molecule has 0 spiro atoms. The number of nitrogens with one attached hydrogen (secondary N) is 1. The summed E-state index contributed by atoms with van der Waals surface area (Å²) in [5, 5.41) is 8.68. The molecule has 2 saturated carbocycles.